The number of aromatic nitrogens is 4. The van der Waals surface area contributed by atoms with Crippen LogP contribution in [-0.2, 0) is 0 Å². The summed E-state index contributed by atoms with van der Waals surface area (Å²) in [5.41, 5.74) is 5.65. The van der Waals surface area contributed by atoms with E-state index >= 15 is 0 Å². The largest absolute Gasteiger partial charge is 0.369 e. The molecule has 0 atom stereocenters. The van der Waals surface area contributed by atoms with Crippen molar-refractivity contribution in [2.75, 3.05) is 5.73 Å². The SMILES string of the molecule is Nc1nc2ncnc(F)c2[nH]1. The highest BCUT2D eigenvalue weighted by Gasteiger charge is 2.05. The molecule has 0 aliphatic carbocycles. The second-order valence-corrected chi connectivity index (χ2v) is 1.99. The minimum absolute atomic E-state index is 0.138. The molecule has 2 aromatic heterocycles. The zero-order valence-electron chi connectivity index (χ0n) is 5.37. The van der Waals surface area contributed by atoms with E-state index in [2.05, 4.69) is 19.9 Å². The molecule has 0 saturated carbocycles. The predicted molar refractivity (Wildman–Crippen MR) is 36.1 cm³/mol. The molecule has 0 bridgehead atoms. The first kappa shape index (κ1) is 6.02. The van der Waals surface area contributed by atoms with Gasteiger partial charge in [-0.25, -0.2) is 9.97 Å². The van der Waals surface area contributed by atoms with Crippen molar-refractivity contribution < 1.29 is 4.39 Å². The van der Waals surface area contributed by atoms with E-state index in [1.165, 1.54) is 0 Å². The Morgan fingerprint density at radius 3 is 3.00 bits per heavy atom. The van der Waals surface area contributed by atoms with Gasteiger partial charge in [0.1, 0.15) is 11.8 Å². The lowest BCUT2D eigenvalue weighted by Gasteiger charge is -1.85. The van der Waals surface area contributed by atoms with Gasteiger partial charge in [-0.15, -0.1) is 0 Å². The third kappa shape index (κ3) is 0.794. The quantitative estimate of drug-likeness (QED) is 0.525. The lowest BCUT2D eigenvalue weighted by molar-refractivity contribution is 0.591. The molecule has 2 aromatic rings. The third-order valence-electron chi connectivity index (χ3n) is 1.26. The minimum atomic E-state index is -0.640. The van der Waals surface area contributed by atoms with E-state index in [0.29, 0.717) is 0 Å². The van der Waals surface area contributed by atoms with E-state index in [1.807, 2.05) is 0 Å². The number of anilines is 1. The molecule has 0 saturated heterocycles. The lowest BCUT2D eigenvalue weighted by atomic mass is 10.5. The summed E-state index contributed by atoms with van der Waals surface area (Å²) in [7, 11) is 0. The Morgan fingerprint density at radius 1 is 1.45 bits per heavy atom. The van der Waals surface area contributed by atoms with Gasteiger partial charge in [-0.2, -0.15) is 9.37 Å². The zero-order chi connectivity index (χ0) is 7.84. The lowest BCUT2D eigenvalue weighted by Crippen LogP contribution is -1.86. The Hall–Kier alpha value is -1.72. The topological polar surface area (TPSA) is 80.5 Å². The average molecular weight is 153 g/mol. The number of nitrogens with zero attached hydrogens (tertiary/aromatic N) is 3. The maximum Gasteiger partial charge on any atom is 0.242 e. The first-order valence-corrected chi connectivity index (χ1v) is 2.89. The summed E-state index contributed by atoms with van der Waals surface area (Å²) in [6, 6.07) is 0. The Balaban J connectivity index is 2.90. The van der Waals surface area contributed by atoms with Crippen LogP contribution in [0.4, 0.5) is 10.3 Å². The van der Waals surface area contributed by atoms with Crippen molar-refractivity contribution in [2.45, 2.75) is 0 Å². The van der Waals surface area contributed by atoms with Gasteiger partial charge in [-0.1, -0.05) is 0 Å². The molecule has 56 valence electrons. The summed E-state index contributed by atoms with van der Waals surface area (Å²) in [6.07, 6.45) is 1.10. The van der Waals surface area contributed by atoms with E-state index in [9.17, 15) is 4.39 Å². The normalized spacial score (nSPS) is 10.6. The Bertz CT molecular complexity index is 395. The number of fused-ring (bicyclic) bond motifs is 1. The van der Waals surface area contributed by atoms with Crippen molar-refractivity contribution in [1.82, 2.24) is 19.9 Å². The fourth-order valence-corrected chi connectivity index (χ4v) is 0.818. The molecule has 11 heavy (non-hydrogen) atoms. The van der Waals surface area contributed by atoms with Crippen LogP contribution in [0.1, 0.15) is 0 Å². The van der Waals surface area contributed by atoms with Gasteiger partial charge in [-0.3, -0.25) is 0 Å². The number of hydrogen-bond acceptors (Lipinski definition) is 4. The predicted octanol–water partition coefficient (Wildman–Crippen LogP) is 0.0742. The Morgan fingerprint density at radius 2 is 2.27 bits per heavy atom. The Kier molecular flexibility index (Phi) is 1.03. The van der Waals surface area contributed by atoms with Crippen LogP contribution in [-0.4, -0.2) is 19.9 Å². The van der Waals surface area contributed by atoms with Gasteiger partial charge in [0, 0.05) is 0 Å². The van der Waals surface area contributed by atoms with Crippen molar-refractivity contribution in [2.24, 2.45) is 0 Å². The smallest absolute Gasteiger partial charge is 0.242 e. The molecule has 5 nitrogen and oxygen atoms in total. The molecule has 0 fully saturated rings. The van der Waals surface area contributed by atoms with Gasteiger partial charge in [0.15, 0.2) is 11.6 Å². The van der Waals surface area contributed by atoms with Crippen LogP contribution in [0.15, 0.2) is 6.33 Å². The van der Waals surface area contributed by atoms with Crippen LogP contribution in [0.5, 0.6) is 0 Å². The molecule has 0 aromatic carbocycles. The van der Waals surface area contributed by atoms with Crippen LogP contribution in [0.3, 0.4) is 0 Å². The second kappa shape index (κ2) is 1.88. The number of aromatic amines is 1. The van der Waals surface area contributed by atoms with Crippen molar-refractivity contribution in [1.29, 1.82) is 0 Å². The number of H-pyrrole nitrogens is 1. The first-order valence-electron chi connectivity index (χ1n) is 2.89. The van der Waals surface area contributed by atoms with Gasteiger partial charge in [0.25, 0.3) is 0 Å². The van der Waals surface area contributed by atoms with Crippen LogP contribution < -0.4 is 5.73 Å². The molecule has 3 N–H and O–H groups in total. The summed E-state index contributed by atoms with van der Waals surface area (Å²) in [5, 5.41) is 0. The molecule has 0 radical (unpaired) electrons. The maximum absolute atomic E-state index is 12.7. The molecule has 0 spiro atoms. The Labute approximate surface area is 60.5 Å². The summed E-state index contributed by atoms with van der Waals surface area (Å²) >= 11 is 0. The minimum Gasteiger partial charge on any atom is -0.369 e. The van der Waals surface area contributed by atoms with E-state index in [4.69, 9.17) is 5.73 Å². The molecule has 0 unspecified atom stereocenters. The standard InChI is InChI=1S/C5H4FN5/c6-3-2-4(9-1-8-3)11-5(7)10-2/h1H,(H3,7,8,9,10,11). The van der Waals surface area contributed by atoms with Crippen LogP contribution in [0.2, 0.25) is 0 Å². The molecule has 0 amide bonds. The van der Waals surface area contributed by atoms with Crippen LogP contribution in [0, 0.1) is 5.95 Å². The molecular weight excluding hydrogens is 149 g/mol. The van der Waals surface area contributed by atoms with E-state index < -0.39 is 5.95 Å². The van der Waals surface area contributed by atoms with Gasteiger partial charge >= 0.3 is 0 Å². The summed E-state index contributed by atoms with van der Waals surface area (Å²) in [4.78, 5) is 13.2. The van der Waals surface area contributed by atoms with E-state index in [-0.39, 0.29) is 17.1 Å². The van der Waals surface area contributed by atoms with Gasteiger partial charge in [-0.05, 0) is 0 Å². The number of nitrogens with one attached hydrogen (secondary N) is 1. The van der Waals surface area contributed by atoms with E-state index in [0.717, 1.165) is 6.33 Å². The fourth-order valence-electron chi connectivity index (χ4n) is 0.818. The highest BCUT2D eigenvalue weighted by atomic mass is 19.1. The van der Waals surface area contributed by atoms with Gasteiger partial charge in [0.2, 0.25) is 5.95 Å². The average Bonchev–Trinajstić information content (AvgIpc) is 2.31. The number of nitrogens with two attached hydrogens (primary N) is 1. The van der Waals surface area contributed by atoms with Gasteiger partial charge in [0.05, 0.1) is 0 Å². The molecule has 0 aliphatic rings. The van der Waals surface area contributed by atoms with Crippen molar-refractivity contribution in [3.63, 3.8) is 0 Å². The highest BCUT2D eigenvalue weighted by molar-refractivity contribution is 5.71. The number of rotatable bonds is 0. The number of imidazole rings is 1. The summed E-state index contributed by atoms with van der Waals surface area (Å²) < 4.78 is 12.7. The van der Waals surface area contributed by atoms with Crippen molar-refractivity contribution in [3.05, 3.63) is 12.3 Å². The highest BCUT2D eigenvalue weighted by Crippen LogP contribution is 2.10. The molecule has 2 rings (SSSR count). The molecule has 6 heteroatoms. The van der Waals surface area contributed by atoms with Crippen LogP contribution >= 0.6 is 0 Å². The number of halogens is 1. The first-order chi connectivity index (χ1) is 5.27. The van der Waals surface area contributed by atoms with Crippen molar-refractivity contribution >= 4 is 17.1 Å². The van der Waals surface area contributed by atoms with E-state index in [1.54, 1.807) is 0 Å². The number of nitrogen functional groups attached to an aromatic ring is 1. The monoisotopic (exact) mass is 153 g/mol. The molecular formula is C5H4FN5. The van der Waals surface area contributed by atoms with Crippen LogP contribution in [0.25, 0.3) is 11.2 Å². The maximum atomic E-state index is 12.7. The van der Waals surface area contributed by atoms with Gasteiger partial charge < -0.3 is 10.7 Å². The van der Waals surface area contributed by atoms with Crippen molar-refractivity contribution in [3.8, 4) is 0 Å². The zero-order valence-corrected chi connectivity index (χ0v) is 5.37. The number of hydrogen-bond donors (Lipinski definition) is 2. The molecule has 0 aliphatic heterocycles. The third-order valence-corrected chi connectivity index (χ3v) is 1.26. The summed E-state index contributed by atoms with van der Waals surface area (Å²) in [5.74, 6) is -0.501. The fraction of sp³-hybridized carbons (Fsp3) is 0. The molecule has 2 heterocycles. The second-order valence-electron chi connectivity index (χ2n) is 1.99. The summed E-state index contributed by atoms with van der Waals surface area (Å²) in [6.45, 7) is 0.